The smallest absolute Gasteiger partial charge is 0.255 e. The van der Waals surface area contributed by atoms with Crippen LogP contribution in [0.15, 0.2) is 18.3 Å². The Bertz CT molecular complexity index is 463. The summed E-state index contributed by atoms with van der Waals surface area (Å²) in [5, 5.41) is 2.85. The van der Waals surface area contributed by atoms with Crippen LogP contribution in [0.4, 0.5) is 4.39 Å². The Morgan fingerprint density at radius 1 is 1.44 bits per heavy atom. The summed E-state index contributed by atoms with van der Waals surface area (Å²) in [5.41, 5.74) is 0.0423. The molecule has 0 radical (unpaired) electrons. The molecule has 3 unspecified atom stereocenters. The second-order valence-electron chi connectivity index (χ2n) is 5.49. The van der Waals surface area contributed by atoms with E-state index in [0.717, 1.165) is 11.8 Å². The summed E-state index contributed by atoms with van der Waals surface area (Å²) in [4.78, 5) is 15.3. The first-order chi connectivity index (χ1) is 8.74. The van der Waals surface area contributed by atoms with Crippen molar-refractivity contribution >= 4 is 5.91 Å². The van der Waals surface area contributed by atoms with Gasteiger partial charge in [0.1, 0.15) is 0 Å². The maximum absolute atomic E-state index is 13.3. The van der Waals surface area contributed by atoms with Crippen LogP contribution in [0.2, 0.25) is 0 Å². The van der Waals surface area contributed by atoms with Crippen molar-refractivity contribution in [3.8, 4) is 0 Å². The largest absolute Gasteiger partial charge is 0.352 e. The van der Waals surface area contributed by atoms with Crippen molar-refractivity contribution in [2.75, 3.05) is 6.54 Å². The number of hydrogen-bond acceptors (Lipinski definition) is 2. The molecular formula is C14H17FN2O. The fraction of sp³-hybridized carbons (Fsp3) is 0.571. The Morgan fingerprint density at radius 3 is 3.00 bits per heavy atom. The van der Waals surface area contributed by atoms with Gasteiger partial charge in [0.25, 0.3) is 5.91 Å². The summed E-state index contributed by atoms with van der Waals surface area (Å²) in [5.74, 6) is 1.19. The third-order valence-electron chi connectivity index (χ3n) is 4.41. The molecule has 0 aromatic carbocycles. The molecule has 2 aliphatic rings. The first kappa shape index (κ1) is 11.6. The van der Waals surface area contributed by atoms with E-state index in [1.165, 1.54) is 37.9 Å². The Balaban J connectivity index is 1.57. The predicted octanol–water partition coefficient (Wildman–Crippen LogP) is 2.39. The molecule has 1 amide bonds. The van der Waals surface area contributed by atoms with Crippen molar-refractivity contribution in [2.24, 2.45) is 17.8 Å². The molecule has 96 valence electrons. The standard InChI is InChI=1S/C14H17FN2O/c15-13-12(2-1-5-16-13)14(18)17-8-11-7-9-3-4-10(11)6-9/h1-2,5,9-11H,3-4,6-8H2,(H,17,18). The molecule has 1 N–H and O–H groups in total. The molecule has 3 rings (SSSR count). The number of carbonyl (C=O) groups excluding carboxylic acids is 1. The maximum Gasteiger partial charge on any atom is 0.255 e. The summed E-state index contributed by atoms with van der Waals surface area (Å²) in [6.07, 6.45) is 6.54. The van der Waals surface area contributed by atoms with Gasteiger partial charge in [-0.2, -0.15) is 4.39 Å². The molecular weight excluding hydrogens is 231 g/mol. The molecule has 18 heavy (non-hydrogen) atoms. The summed E-state index contributed by atoms with van der Waals surface area (Å²) < 4.78 is 13.3. The Hall–Kier alpha value is -1.45. The zero-order chi connectivity index (χ0) is 12.5. The molecule has 2 aliphatic carbocycles. The van der Waals surface area contributed by atoms with Gasteiger partial charge in [-0.25, -0.2) is 4.98 Å². The van der Waals surface area contributed by atoms with E-state index in [1.54, 1.807) is 6.07 Å². The zero-order valence-corrected chi connectivity index (χ0v) is 10.2. The summed E-state index contributed by atoms with van der Waals surface area (Å²) in [6, 6.07) is 3.05. The average Bonchev–Trinajstić information content (AvgIpc) is 2.98. The first-order valence-corrected chi connectivity index (χ1v) is 6.62. The number of amides is 1. The van der Waals surface area contributed by atoms with Crippen molar-refractivity contribution in [2.45, 2.75) is 25.7 Å². The summed E-state index contributed by atoms with van der Waals surface area (Å²) in [7, 11) is 0. The number of aromatic nitrogens is 1. The van der Waals surface area contributed by atoms with Gasteiger partial charge < -0.3 is 5.32 Å². The van der Waals surface area contributed by atoms with Gasteiger partial charge in [0.15, 0.2) is 0 Å². The molecule has 1 heterocycles. The number of hydrogen-bond donors (Lipinski definition) is 1. The van der Waals surface area contributed by atoms with E-state index in [0.29, 0.717) is 12.5 Å². The maximum atomic E-state index is 13.3. The predicted molar refractivity (Wildman–Crippen MR) is 65.5 cm³/mol. The van der Waals surface area contributed by atoms with Crippen LogP contribution in [0.1, 0.15) is 36.0 Å². The highest BCUT2D eigenvalue weighted by molar-refractivity contribution is 5.94. The van der Waals surface area contributed by atoms with E-state index in [2.05, 4.69) is 10.3 Å². The minimum Gasteiger partial charge on any atom is -0.352 e. The van der Waals surface area contributed by atoms with Crippen LogP contribution in [0.25, 0.3) is 0 Å². The Morgan fingerprint density at radius 2 is 2.33 bits per heavy atom. The second kappa shape index (κ2) is 4.67. The van der Waals surface area contributed by atoms with Gasteiger partial charge in [0.2, 0.25) is 5.95 Å². The number of nitrogens with zero attached hydrogens (tertiary/aromatic N) is 1. The third kappa shape index (κ3) is 2.11. The number of nitrogens with one attached hydrogen (secondary N) is 1. The highest BCUT2D eigenvalue weighted by Crippen LogP contribution is 2.47. The zero-order valence-electron chi connectivity index (χ0n) is 10.2. The number of rotatable bonds is 3. The van der Waals surface area contributed by atoms with Gasteiger partial charge in [-0.05, 0) is 49.1 Å². The molecule has 1 aromatic heterocycles. The van der Waals surface area contributed by atoms with E-state index in [4.69, 9.17) is 0 Å². The lowest BCUT2D eigenvalue weighted by molar-refractivity contribution is 0.0937. The fourth-order valence-corrected chi connectivity index (χ4v) is 3.50. The van der Waals surface area contributed by atoms with Crippen LogP contribution >= 0.6 is 0 Å². The van der Waals surface area contributed by atoms with E-state index in [9.17, 15) is 9.18 Å². The van der Waals surface area contributed by atoms with Crippen LogP contribution in [0, 0.1) is 23.7 Å². The van der Waals surface area contributed by atoms with Crippen LogP contribution in [-0.4, -0.2) is 17.4 Å². The van der Waals surface area contributed by atoms with Gasteiger partial charge in [-0.3, -0.25) is 4.79 Å². The second-order valence-corrected chi connectivity index (χ2v) is 5.49. The molecule has 0 aliphatic heterocycles. The van der Waals surface area contributed by atoms with E-state index in [1.807, 2.05) is 0 Å². The monoisotopic (exact) mass is 248 g/mol. The SMILES string of the molecule is O=C(NCC1CC2CCC1C2)c1cccnc1F. The highest BCUT2D eigenvalue weighted by atomic mass is 19.1. The van der Waals surface area contributed by atoms with E-state index >= 15 is 0 Å². The van der Waals surface area contributed by atoms with Gasteiger partial charge in [0, 0.05) is 12.7 Å². The lowest BCUT2D eigenvalue weighted by Crippen LogP contribution is -2.32. The van der Waals surface area contributed by atoms with Crippen LogP contribution in [-0.2, 0) is 0 Å². The molecule has 1 aromatic rings. The van der Waals surface area contributed by atoms with E-state index < -0.39 is 5.95 Å². The van der Waals surface area contributed by atoms with Crippen molar-refractivity contribution in [1.29, 1.82) is 0 Å². The van der Waals surface area contributed by atoms with Crippen LogP contribution in [0.3, 0.4) is 0 Å². The van der Waals surface area contributed by atoms with Gasteiger partial charge >= 0.3 is 0 Å². The normalized spacial score (nSPS) is 29.5. The van der Waals surface area contributed by atoms with Crippen LogP contribution in [0.5, 0.6) is 0 Å². The van der Waals surface area contributed by atoms with Crippen LogP contribution < -0.4 is 5.32 Å². The Kier molecular flexibility index (Phi) is 3.02. The van der Waals surface area contributed by atoms with Crippen molar-refractivity contribution in [3.63, 3.8) is 0 Å². The lowest BCUT2D eigenvalue weighted by Gasteiger charge is -2.21. The minimum atomic E-state index is -0.692. The molecule has 0 saturated heterocycles. The number of pyridine rings is 1. The quantitative estimate of drug-likeness (QED) is 0.834. The molecule has 0 spiro atoms. The van der Waals surface area contributed by atoms with Crippen molar-refractivity contribution < 1.29 is 9.18 Å². The number of carbonyl (C=O) groups is 1. The highest BCUT2D eigenvalue weighted by Gasteiger charge is 2.39. The molecule has 3 nitrogen and oxygen atoms in total. The van der Waals surface area contributed by atoms with Gasteiger partial charge in [0.05, 0.1) is 5.56 Å². The summed E-state index contributed by atoms with van der Waals surface area (Å²) >= 11 is 0. The molecule has 3 atom stereocenters. The Labute approximate surface area is 106 Å². The number of halogens is 1. The third-order valence-corrected chi connectivity index (χ3v) is 4.41. The van der Waals surface area contributed by atoms with Gasteiger partial charge in [-0.1, -0.05) is 6.42 Å². The summed E-state index contributed by atoms with van der Waals surface area (Å²) in [6.45, 7) is 0.675. The minimum absolute atomic E-state index is 0.0423. The number of fused-ring (bicyclic) bond motifs is 2. The molecule has 2 saturated carbocycles. The molecule has 4 heteroatoms. The average molecular weight is 248 g/mol. The molecule has 2 fully saturated rings. The van der Waals surface area contributed by atoms with Gasteiger partial charge in [-0.15, -0.1) is 0 Å². The van der Waals surface area contributed by atoms with E-state index in [-0.39, 0.29) is 11.5 Å². The molecule has 2 bridgehead atoms. The fourth-order valence-electron chi connectivity index (χ4n) is 3.50. The topological polar surface area (TPSA) is 42.0 Å². The van der Waals surface area contributed by atoms with Crippen molar-refractivity contribution in [3.05, 3.63) is 29.8 Å². The first-order valence-electron chi connectivity index (χ1n) is 6.62. The van der Waals surface area contributed by atoms with Crippen molar-refractivity contribution in [1.82, 2.24) is 10.3 Å². The lowest BCUT2D eigenvalue weighted by atomic mass is 9.89.